The average molecular weight is 291 g/mol. The van der Waals surface area contributed by atoms with Crippen LogP contribution in [0, 0.1) is 6.92 Å². The lowest BCUT2D eigenvalue weighted by Crippen LogP contribution is -1.92. The molecule has 0 aliphatic carbocycles. The van der Waals surface area contributed by atoms with Gasteiger partial charge in [0.2, 0.25) is 0 Å². The van der Waals surface area contributed by atoms with Crippen LogP contribution in [0.15, 0.2) is 24.3 Å². The number of hydrogen-bond donors (Lipinski definition) is 0. The summed E-state index contributed by atoms with van der Waals surface area (Å²) in [5.41, 5.74) is 1.74. The molecule has 0 saturated heterocycles. The molecule has 0 spiro atoms. The lowest BCUT2D eigenvalue weighted by Gasteiger charge is -2.07. The van der Waals surface area contributed by atoms with Crippen LogP contribution in [0.25, 0.3) is 12.2 Å². The predicted octanol–water partition coefficient (Wildman–Crippen LogP) is 3.63. The number of aromatic nitrogens is 2. The van der Waals surface area contributed by atoms with Crippen LogP contribution in [-0.2, 0) is 0 Å². The molecule has 0 fully saturated rings. The number of aryl methyl sites for hydroxylation is 1. The highest BCUT2D eigenvalue weighted by Gasteiger charge is 2.03. The van der Waals surface area contributed by atoms with Crippen molar-refractivity contribution in [3.8, 4) is 11.5 Å². The first-order valence-electron chi connectivity index (χ1n) is 6.03. The highest BCUT2D eigenvalue weighted by molar-refractivity contribution is 6.29. The van der Waals surface area contributed by atoms with Crippen molar-refractivity contribution in [1.82, 2.24) is 9.97 Å². The third-order valence-electron chi connectivity index (χ3n) is 2.69. The normalized spacial score (nSPS) is 10.8. The van der Waals surface area contributed by atoms with E-state index in [0.29, 0.717) is 11.0 Å². The highest BCUT2D eigenvalue weighted by Crippen LogP contribution is 2.26. The van der Waals surface area contributed by atoms with Crippen molar-refractivity contribution < 1.29 is 9.47 Å². The smallest absolute Gasteiger partial charge is 0.153 e. The van der Waals surface area contributed by atoms with E-state index in [1.165, 1.54) is 0 Å². The third-order valence-corrected chi connectivity index (χ3v) is 2.89. The zero-order valence-electron chi connectivity index (χ0n) is 11.6. The van der Waals surface area contributed by atoms with E-state index in [4.69, 9.17) is 21.1 Å². The first kappa shape index (κ1) is 14.3. The topological polar surface area (TPSA) is 44.2 Å². The molecule has 0 unspecified atom stereocenters. The Kier molecular flexibility index (Phi) is 4.58. The van der Waals surface area contributed by atoms with Crippen molar-refractivity contribution in [2.75, 3.05) is 14.2 Å². The first-order valence-corrected chi connectivity index (χ1v) is 6.41. The maximum atomic E-state index is 5.90. The Bertz CT molecular complexity index is 622. The van der Waals surface area contributed by atoms with Gasteiger partial charge in [0, 0.05) is 17.3 Å². The summed E-state index contributed by atoms with van der Waals surface area (Å²) < 4.78 is 10.5. The lowest BCUT2D eigenvalue weighted by atomic mass is 10.1. The van der Waals surface area contributed by atoms with E-state index in [1.807, 2.05) is 31.2 Å². The Balaban J connectivity index is 2.31. The molecule has 1 aromatic heterocycles. The zero-order valence-corrected chi connectivity index (χ0v) is 12.3. The summed E-state index contributed by atoms with van der Waals surface area (Å²) in [4.78, 5) is 8.43. The van der Waals surface area contributed by atoms with Gasteiger partial charge < -0.3 is 9.47 Å². The van der Waals surface area contributed by atoms with E-state index in [2.05, 4.69) is 9.97 Å². The van der Waals surface area contributed by atoms with Gasteiger partial charge in [0.15, 0.2) is 5.82 Å². The summed E-state index contributed by atoms with van der Waals surface area (Å²) in [5.74, 6) is 2.03. The van der Waals surface area contributed by atoms with Crippen LogP contribution >= 0.6 is 11.6 Å². The minimum Gasteiger partial charge on any atom is -0.497 e. The Hall–Kier alpha value is -2.07. The summed E-state index contributed by atoms with van der Waals surface area (Å²) >= 11 is 5.90. The molecule has 0 amide bonds. The molecule has 5 heteroatoms. The van der Waals surface area contributed by atoms with Crippen molar-refractivity contribution in [2.45, 2.75) is 6.92 Å². The van der Waals surface area contributed by atoms with E-state index in [0.717, 1.165) is 22.8 Å². The lowest BCUT2D eigenvalue weighted by molar-refractivity contribution is 0.394. The maximum Gasteiger partial charge on any atom is 0.153 e. The van der Waals surface area contributed by atoms with Crippen LogP contribution in [0.2, 0.25) is 5.15 Å². The van der Waals surface area contributed by atoms with Crippen LogP contribution in [-0.4, -0.2) is 24.2 Å². The molecule has 0 radical (unpaired) electrons. The number of nitrogens with zero attached hydrogens (tertiary/aromatic N) is 2. The van der Waals surface area contributed by atoms with Crippen LogP contribution in [0.3, 0.4) is 0 Å². The molecule has 4 nitrogen and oxygen atoms in total. The number of halogens is 1. The van der Waals surface area contributed by atoms with E-state index in [-0.39, 0.29) is 0 Å². The third kappa shape index (κ3) is 3.48. The molecular weight excluding hydrogens is 276 g/mol. The minimum absolute atomic E-state index is 0.429. The Labute approximate surface area is 123 Å². The van der Waals surface area contributed by atoms with Gasteiger partial charge in [-0.25, -0.2) is 9.97 Å². The van der Waals surface area contributed by atoms with Crippen molar-refractivity contribution in [3.63, 3.8) is 0 Å². The Morgan fingerprint density at radius 2 is 1.85 bits per heavy atom. The van der Waals surface area contributed by atoms with Gasteiger partial charge in [-0.3, -0.25) is 0 Å². The van der Waals surface area contributed by atoms with Crippen LogP contribution in [0.1, 0.15) is 17.1 Å². The number of benzene rings is 1. The second-order valence-electron chi connectivity index (χ2n) is 4.13. The minimum atomic E-state index is 0.429. The monoisotopic (exact) mass is 290 g/mol. The summed E-state index contributed by atoms with van der Waals surface area (Å²) in [7, 11) is 3.24. The molecule has 104 valence electrons. The SMILES string of the molecule is COc1ccc(C=Cc2nc(C)cc(Cl)n2)c(OC)c1. The fourth-order valence-electron chi connectivity index (χ4n) is 1.75. The molecule has 1 heterocycles. The van der Waals surface area contributed by atoms with Gasteiger partial charge in [-0.1, -0.05) is 11.6 Å². The Morgan fingerprint density at radius 3 is 2.50 bits per heavy atom. The quantitative estimate of drug-likeness (QED) is 0.807. The summed E-state index contributed by atoms with van der Waals surface area (Å²) in [6, 6.07) is 7.31. The number of hydrogen-bond acceptors (Lipinski definition) is 4. The zero-order chi connectivity index (χ0) is 14.5. The number of rotatable bonds is 4. The fraction of sp³-hybridized carbons (Fsp3) is 0.200. The van der Waals surface area contributed by atoms with Crippen molar-refractivity contribution in [1.29, 1.82) is 0 Å². The van der Waals surface area contributed by atoms with Crippen molar-refractivity contribution in [2.24, 2.45) is 0 Å². The molecule has 2 rings (SSSR count). The fourth-order valence-corrected chi connectivity index (χ4v) is 1.99. The van der Waals surface area contributed by atoms with E-state index >= 15 is 0 Å². The molecule has 2 aromatic rings. The van der Waals surface area contributed by atoms with E-state index in [9.17, 15) is 0 Å². The van der Waals surface area contributed by atoms with Gasteiger partial charge in [-0.2, -0.15) is 0 Å². The average Bonchev–Trinajstić information content (AvgIpc) is 2.44. The molecule has 0 aliphatic rings. The second kappa shape index (κ2) is 6.39. The van der Waals surface area contributed by atoms with Crippen LogP contribution in [0.5, 0.6) is 11.5 Å². The van der Waals surface area contributed by atoms with E-state index in [1.54, 1.807) is 26.4 Å². The van der Waals surface area contributed by atoms with Gasteiger partial charge in [0.25, 0.3) is 0 Å². The summed E-state index contributed by atoms with van der Waals surface area (Å²) in [5, 5.41) is 0.429. The second-order valence-corrected chi connectivity index (χ2v) is 4.52. The van der Waals surface area contributed by atoms with Gasteiger partial charge in [-0.15, -0.1) is 0 Å². The molecule has 20 heavy (non-hydrogen) atoms. The molecule has 0 N–H and O–H groups in total. The molecule has 0 atom stereocenters. The molecular formula is C15H15ClN2O2. The largest absolute Gasteiger partial charge is 0.497 e. The maximum absolute atomic E-state index is 5.90. The molecule has 0 bridgehead atoms. The first-order chi connectivity index (χ1) is 9.62. The van der Waals surface area contributed by atoms with Gasteiger partial charge >= 0.3 is 0 Å². The highest BCUT2D eigenvalue weighted by atomic mass is 35.5. The van der Waals surface area contributed by atoms with Gasteiger partial charge in [-0.05, 0) is 37.3 Å². The van der Waals surface area contributed by atoms with Crippen LogP contribution in [0.4, 0.5) is 0 Å². The number of methoxy groups -OCH3 is 2. The van der Waals surface area contributed by atoms with Crippen molar-refractivity contribution >= 4 is 23.8 Å². The molecule has 0 aliphatic heterocycles. The van der Waals surface area contributed by atoms with Gasteiger partial charge in [0.05, 0.1) is 14.2 Å². The number of ether oxygens (including phenoxy) is 2. The molecule has 1 aromatic carbocycles. The Morgan fingerprint density at radius 1 is 1.05 bits per heavy atom. The molecule has 0 saturated carbocycles. The summed E-state index contributed by atoms with van der Waals surface area (Å²) in [6.07, 6.45) is 3.67. The standard InChI is InChI=1S/C15H15ClN2O2/c1-10-8-14(16)18-15(17-10)7-5-11-4-6-12(19-2)9-13(11)20-3/h4-9H,1-3H3. The predicted molar refractivity (Wildman–Crippen MR) is 80.3 cm³/mol. The van der Waals surface area contributed by atoms with E-state index < -0.39 is 0 Å². The van der Waals surface area contributed by atoms with Gasteiger partial charge in [0.1, 0.15) is 16.7 Å². The van der Waals surface area contributed by atoms with Crippen LogP contribution < -0.4 is 9.47 Å². The van der Waals surface area contributed by atoms with Crippen molar-refractivity contribution in [3.05, 3.63) is 46.5 Å². The summed E-state index contributed by atoms with van der Waals surface area (Å²) in [6.45, 7) is 1.87.